The fraction of sp³-hybridized carbons (Fsp3) is 0.926. The summed E-state index contributed by atoms with van der Waals surface area (Å²) in [5.74, 6) is 2.43. The van der Waals surface area contributed by atoms with Gasteiger partial charge in [0.2, 0.25) is 0 Å². The molecule has 2 rings (SSSR count). The predicted molar refractivity (Wildman–Crippen MR) is 126 cm³/mol. The van der Waals surface area contributed by atoms with E-state index in [4.69, 9.17) is 0 Å². The van der Waals surface area contributed by atoms with Gasteiger partial charge in [0.05, 0.1) is 5.41 Å². The molecule has 0 aliphatic heterocycles. The number of hydrogen-bond acceptors (Lipinski definition) is 2. The Balaban J connectivity index is 1.99. The molecule has 0 bridgehead atoms. The second-order valence-electron chi connectivity index (χ2n) is 11.6. The van der Waals surface area contributed by atoms with E-state index in [2.05, 4.69) is 27.7 Å². The fourth-order valence-corrected chi connectivity index (χ4v) is 6.23. The van der Waals surface area contributed by atoms with Gasteiger partial charge in [0, 0.05) is 6.42 Å². The first-order valence-electron chi connectivity index (χ1n) is 13.1. The monoisotopic (exact) mass is 436 g/mol. The largest absolute Gasteiger partial charge is 0.481 e. The van der Waals surface area contributed by atoms with Crippen LogP contribution in [0.3, 0.4) is 0 Å². The molecular weight excluding hydrogens is 388 g/mol. The second kappa shape index (κ2) is 12.3. The van der Waals surface area contributed by atoms with E-state index in [9.17, 15) is 19.8 Å². The van der Waals surface area contributed by atoms with Crippen LogP contribution in [0, 0.1) is 40.9 Å². The Morgan fingerprint density at radius 1 is 0.742 bits per heavy atom. The SMILES string of the molecule is CC1CCC(C(C)CCC(CCC(=O)O)(CCC(C)C2CCC(C)CC2)C(=O)O)CC1. The lowest BCUT2D eigenvalue weighted by atomic mass is 9.68. The highest BCUT2D eigenvalue weighted by atomic mass is 16.4. The van der Waals surface area contributed by atoms with Crippen LogP contribution >= 0.6 is 0 Å². The summed E-state index contributed by atoms with van der Waals surface area (Å²) >= 11 is 0. The Labute approximate surface area is 190 Å². The third kappa shape index (κ3) is 8.09. The van der Waals surface area contributed by atoms with E-state index in [1.807, 2.05) is 0 Å². The Hall–Kier alpha value is -1.06. The van der Waals surface area contributed by atoms with Gasteiger partial charge in [-0.3, -0.25) is 9.59 Å². The van der Waals surface area contributed by atoms with E-state index in [1.54, 1.807) is 0 Å². The maximum absolute atomic E-state index is 12.5. The highest BCUT2D eigenvalue weighted by molar-refractivity contribution is 5.76. The number of rotatable bonds is 12. The highest BCUT2D eigenvalue weighted by Gasteiger charge is 2.40. The quantitative estimate of drug-likeness (QED) is 0.334. The van der Waals surface area contributed by atoms with Crippen molar-refractivity contribution in [2.75, 3.05) is 0 Å². The molecular formula is C27H48O4. The molecule has 0 spiro atoms. The molecule has 2 fully saturated rings. The van der Waals surface area contributed by atoms with E-state index >= 15 is 0 Å². The number of carboxylic acids is 2. The Kier molecular flexibility index (Phi) is 10.4. The van der Waals surface area contributed by atoms with E-state index in [0.29, 0.717) is 36.5 Å². The van der Waals surface area contributed by atoms with Gasteiger partial charge in [0.15, 0.2) is 0 Å². The number of carbonyl (C=O) groups is 2. The minimum atomic E-state index is -0.884. The molecule has 2 aliphatic carbocycles. The van der Waals surface area contributed by atoms with Crippen LogP contribution < -0.4 is 0 Å². The van der Waals surface area contributed by atoms with Crippen molar-refractivity contribution in [3.8, 4) is 0 Å². The molecule has 4 heteroatoms. The average Bonchev–Trinajstić information content (AvgIpc) is 2.73. The van der Waals surface area contributed by atoms with Crippen molar-refractivity contribution < 1.29 is 19.8 Å². The highest BCUT2D eigenvalue weighted by Crippen LogP contribution is 2.43. The van der Waals surface area contributed by atoms with E-state index < -0.39 is 17.4 Å². The third-order valence-electron chi connectivity index (χ3n) is 9.16. The molecule has 2 aliphatic rings. The molecule has 2 saturated carbocycles. The first-order valence-corrected chi connectivity index (χ1v) is 13.1. The fourth-order valence-electron chi connectivity index (χ4n) is 6.23. The van der Waals surface area contributed by atoms with Crippen molar-refractivity contribution in [3.05, 3.63) is 0 Å². The molecule has 2 unspecified atom stereocenters. The molecule has 0 amide bonds. The summed E-state index contributed by atoms with van der Waals surface area (Å²) in [4.78, 5) is 23.8. The van der Waals surface area contributed by atoms with E-state index in [1.165, 1.54) is 51.4 Å². The van der Waals surface area contributed by atoms with Gasteiger partial charge in [0.1, 0.15) is 0 Å². The predicted octanol–water partition coefficient (Wildman–Crippen LogP) is 7.41. The average molecular weight is 437 g/mol. The first-order chi connectivity index (χ1) is 14.6. The molecule has 0 aromatic rings. The van der Waals surface area contributed by atoms with Crippen molar-refractivity contribution in [1.29, 1.82) is 0 Å². The van der Waals surface area contributed by atoms with Crippen molar-refractivity contribution in [2.24, 2.45) is 40.9 Å². The van der Waals surface area contributed by atoms with Crippen LogP contribution in [-0.2, 0) is 9.59 Å². The van der Waals surface area contributed by atoms with Crippen LogP contribution in [0.1, 0.15) is 118 Å². The zero-order chi connectivity index (χ0) is 23.0. The topological polar surface area (TPSA) is 74.6 Å². The van der Waals surface area contributed by atoms with Crippen molar-refractivity contribution in [1.82, 2.24) is 0 Å². The van der Waals surface area contributed by atoms with Crippen LogP contribution in [0.25, 0.3) is 0 Å². The Bertz CT molecular complexity index is 524. The number of hydrogen-bond donors (Lipinski definition) is 2. The summed E-state index contributed by atoms with van der Waals surface area (Å²) in [7, 11) is 0. The smallest absolute Gasteiger partial charge is 0.309 e. The summed E-state index contributed by atoms with van der Waals surface area (Å²) in [6, 6.07) is 0. The standard InChI is InChI=1S/C27H48O4/c1-19-5-9-23(10-6-19)21(3)13-16-27(26(30)31,18-15-25(28)29)17-14-22(4)24-11-7-20(2)8-12-24/h19-24H,5-18H2,1-4H3,(H,28,29)(H,30,31). The second-order valence-corrected chi connectivity index (χ2v) is 11.6. The molecule has 0 aromatic heterocycles. The summed E-state index contributed by atoms with van der Waals surface area (Å²) < 4.78 is 0. The molecule has 0 saturated heterocycles. The molecule has 31 heavy (non-hydrogen) atoms. The Morgan fingerprint density at radius 2 is 1.13 bits per heavy atom. The van der Waals surface area contributed by atoms with Gasteiger partial charge in [0.25, 0.3) is 0 Å². The van der Waals surface area contributed by atoms with Gasteiger partial charge in [-0.2, -0.15) is 0 Å². The van der Waals surface area contributed by atoms with Crippen molar-refractivity contribution >= 4 is 11.9 Å². The zero-order valence-corrected chi connectivity index (χ0v) is 20.6. The lowest BCUT2D eigenvalue weighted by Crippen LogP contribution is -2.34. The molecule has 0 radical (unpaired) electrons. The molecule has 4 nitrogen and oxygen atoms in total. The van der Waals surface area contributed by atoms with Crippen LogP contribution in [0.4, 0.5) is 0 Å². The summed E-state index contributed by atoms with van der Waals surface area (Å²) in [5.41, 5.74) is -0.884. The van der Waals surface area contributed by atoms with Gasteiger partial charge in [-0.05, 0) is 93.3 Å². The van der Waals surface area contributed by atoms with Gasteiger partial charge in [-0.1, -0.05) is 53.4 Å². The molecule has 0 aromatic carbocycles. The van der Waals surface area contributed by atoms with Crippen LogP contribution in [0.2, 0.25) is 0 Å². The molecule has 2 atom stereocenters. The lowest BCUT2D eigenvalue weighted by molar-refractivity contribution is -0.152. The maximum atomic E-state index is 12.5. The minimum absolute atomic E-state index is 0.0447. The molecule has 180 valence electrons. The maximum Gasteiger partial charge on any atom is 0.309 e. The van der Waals surface area contributed by atoms with Gasteiger partial charge < -0.3 is 10.2 Å². The van der Waals surface area contributed by atoms with Gasteiger partial charge >= 0.3 is 11.9 Å². The van der Waals surface area contributed by atoms with Gasteiger partial charge in [-0.15, -0.1) is 0 Å². The normalized spacial score (nSPS) is 30.8. The number of aliphatic carboxylic acids is 2. The van der Waals surface area contributed by atoms with Crippen LogP contribution in [0.15, 0.2) is 0 Å². The Morgan fingerprint density at radius 3 is 1.45 bits per heavy atom. The first kappa shape index (κ1) is 26.2. The lowest BCUT2D eigenvalue weighted by Gasteiger charge is -2.36. The third-order valence-corrected chi connectivity index (χ3v) is 9.16. The molecule has 0 heterocycles. The minimum Gasteiger partial charge on any atom is -0.481 e. The zero-order valence-electron chi connectivity index (χ0n) is 20.6. The molecule has 2 N–H and O–H groups in total. The van der Waals surface area contributed by atoms with Crippen LogP contribution in [0.5, 0.6) is 0 Å². The summed E-state index contributed by atoms with van der Waals surface area (Å²) in [6.45, 7) is 9.24. The van der Waals surface area contributed by atoms with Crippen molar-refractivity contribution in [3.63, 3.8) is 0 Å². The van der Waals surface area contributed by atoms with Gasteiger partial charge in [-0.25, -0.2) is 0 Å². The van der Waals surface area contributed by atoms with E-state index in [-0.39, 0.29) is 12.8 Å². The van der Waals surface area contributed by atoms with Crippen LogP contribution in [-0.4, -0.2) is 22.2 Å². The summed E-state index contributed by atoms with van der Waals surface area (Å²) in [6.07, 6.45) is 13.5. The van der Waals surface area contributed by atoms with E-state index in [0.717, 1.165) is 24.7 Å². The number of carboxylic acid groups (broad SMARTS) is 2. The van der Waals surface area contributed by atoms with Crippen molar-refractivity contribution in [2.45, 2.75) is 118 Å². The summed E-state index contributed by atoms with van der Waals surface area (Å²) in [5, 5.41) is 19.5.